The first-order valence-corrected chi connectivity index (χ1v) is 13.0. The highest BCUT2D eigenvalue weighted by Gasteiger charge is 2.34. The van der Waals surface area contributed by atoms with E-state index >= 15 is 0 Å². The average Bonchev–Trinajstić information content (AvgIpc) is 3.25. The Balaban J connectivity index is 1.50. The number of allylic oxidation sites excluding steroid dienone is 1. The molecule has 1 aromatic heterocycles. The lowest BCUT2D eigenvalue weighted by molar-refractivity contribution is -0.113. The maximum absolute atomic E-state index is 13.6. The number of halogens is 1. The van der Waals surface area contributed by atoms with Gasteiger partial charge in [-0.15, -0.1) is 5.10 Å². The van der Waals surface area contributed by atoms with Gasteiger partial charge in [0.05, 0.1) is 5.57 Å². The number of aryl methyl sites for hydroxylation is 2. The minimum Gasteiger partial charge on any atom is -0.328 e. The first-order chi connectivity index (χ1) is 17.4. The molecule has 0 aliphatic carbocycles. The number of rotatable bonds is 6. The Kier molecular flexibility index (Phi) is 6.85. The third-order valence-corrected chi connectivity index (χ3v) is 7.23. The van der Waals surface area contributed by atoms with Gasteiger partial charge in [0.15, 0.2) is 0 Å². The Hall–Kier alpha value is -3.55. The zero-order chi connectivity index (χ0) is 25.2. The normalized spacial score (nSPS) is 14.8. The summed E-state index contributed by atoms with van der Waals surface area (Å²) in [7, 11) is 0. The Morgan fingerprint density at radius 2 is 1.86 bits per heavy atom. The van der Waals surface area contributed by atoms with Gasteiger partial charge in [-0.3, -0.25) is 4.79 Å². The lowest BCUT2D eigenvalue weighted by atomic mass is 9.95. The Morgan fingerprint density at radius 3 is 2.64 bits per heavy atom. The standard InChI is InChI=1S/C28H26ClN5OS/c1-17-8-6-10-20(14-17)16-36-28-32-27-30-19(3)24(26(35)31-23-13-5-4-9-18(23)2)25(34(27)33-28)21-11-7-12-22(29)15-21/h4-15,25H,16H2,1-3H3,(H,31,35)(H,30,32,33)/t25-/m1/s1. The molecule has 36 heavy (non-hydrogen) atoms. The summed E-state index contributed by atoms with van der Waals surface area (Å²) in [4.78, 5) is 18.4. The van der Waals surface area contributed by atoms with Gasteiger partial charge >= 0.3 is 0 Å². The van der Waals surface area contributed by atoms with Gasteiger partial charge in [0.25, 0.3) is 5.91 Å². The second-order valence-electron chi connectivity index (χ2n) is 8.83. The van der Waals surface area contributed by atoms with Crippen LogP contribution in [0.1, 0.15) is 35.2 Å². The molecule has 1 amide bonds. The molecule has 1 atom stereocenters. The molecule has 4 aromatic rings. The molecular weight excluding hydrogens is 490 g/mol. The van der Waals surface area contributed by atoms with E-state index < -0.39 is 6.04 Å². The molecule has 0 saturated carbocycles. The van der Waals surface area contributed by atoms with Crippen LogP contribution in [0.5, 0.6) is 0 Å². The maximum atomic E-state index is 13.6. The van der Waals surface area contributed by atoms with Crippen LogP contribution in [0, 0.1) is 13.8 Å². The molecule has 0 saturated heterocycles. The molecule has 0 unspecified atom stereocenters. The number of amides is 1. The molecule has 1 aliphatic rings. The van der Waals surface area contributed by atoms with Gasteiger partial charge in [0, 0.05) is 22.2 Å². The van der Waals surface area contributed by atoms with Gasteiger partial charge in [-0.2, -0.15) is 4.98 Å². The van der Waals surface area contributed by atoms with Crippen molar-refractivity contribution in [3.63, 3.8) is 0 Å². The number of nitrogens with zero attached hydrogens (tertiary/aromatic N) is 3. The van der Waals surface area contributed by atoms with Gasteiger partial charge in [-0.05, 0) is 55.7 Å². The fourth-order valence-corrected chi connectivity index (χ4v) is 5.29. The van der Waals surface area contributed by atoms with Crippen molar-refractivity contribution in [1.29, 1.82) is 0 Å². The SMILES string of the molecule is CC1=C(C(=O)Nc2ccccc2C)[C@@H](c2cccc(Cl)c2)n2nc(SCc3cccc(C)c3)nc2N1. The van der Waals surface area contributed by atoms with Gasteiger partial charge in [0.2, 0.25) is 11.1 Å². The first kappa shape index (κ1) is 24.2. The minimum absolute atomic E-state index is 0.200. The summed E-state index contributed by atoms with van der Waals surface area (Å²) in [6.45, 7) is 5.94. The number of nitrogens with one attached hydrogen (secondary N) is 2. The number of carbonyl (C=O) groups excluding carboxylic acids is 1. The predicted molar refractivity (Wildman–Crippen MR) is 146 cm³/mol. The average molecular weight is 516 g/mol. The summed E-state index contributed by atoms with van der Waals surface area (Å²) in [5, 5.41) is 12.4. The highest BCUT2D eigenvalue weighted by atomic mass is 35.5. The lowest BCUT2D eigenvalue weighted by Gasteiger charge is -2.29. The highest BCUT2D eigenvalue weighted by Crippen LogP contribution is 2.37. The van der Waals surface area contributed by atoms with E-state index in [1.807, 2.05) is 62.4 Å². The monoisotopic (exact) mass is 515 g/mol. The third kappa shape index (κ3) is 5.03. The van der Waals surface area contributed by atoms with Crippen LogP contribution in [-0.4, -0.2) is 20.7 Å². The van der Waals surface area contributed by atoms with Crippen LogP contribution in [-0.2, 0) is 10.5 Å². The number of aromatic nitrogens is 3. The number of carbonyl (C=O) groups is 1. The molecule has 5 rings (SSSR count). The van der Waals surface area contributed by atoms with E-state index in [0.29, 0.717) is 21.7 Å². The summed E-state index contributed by atoms with van der Waals surface area (Å²) in [5.41, 5.74) is 6.33. The Morgan fingerprint density at radius 1 is 1.06 bits per heavy atom. The summed E-state index contributed by atoms with van der Waals surface area (Å²) in [6.07, 6.45) is 0. The van der Waals surface area contributed by atoms with Crippen molar-refractivity contribution in [3.8, 4) is 0 Å². The van der Waals surface area contributed by atoms with Crippen molar-refractivity contribution in [2.75, 3.05) is 10.6 Å². The zero-order valence-corrected chi connectivity index (χ0v) is 21.8. The van der Waals surface area contributed by atoms with E-state index in [0.717, 1.165) is 28.3 Å². The number of benzene rings is 3. The molecule has 2 N–H and O–H groups in total. The minimum atomic E-state index is -0.482. The van der Waals surface area contributed by atoms with Crippen LogP contribution in [0.3, 0.4) is 0 Å². The van der Waals surface area contributed by atoms with Crippen molar-refractivity contribution < 1.29 is 4.79 Å². The van der Waals surface area contributed by atoms with Crippen molar-refractivity contribution in [2.45, 2.75) is 37.7 Å². The van der Waals surface area contributed by atoms with Crippen LogP contribution in [0.15, 0.2) is 89.2 Å². The van der Waals surface area contributed by atoms with E-state index in [4.69, 9.17) is 21.7 Å². The molecule has 0 bridgehead atoms. The second kappa shape index (κ2) is 10.2. The van der Waals surface area contributed by atoms with E-state index in [1.54, 1.807) is 16.4 Å². The molecule has 1 aliphatic heterocycles. The lowest BCUT2D eigenvalue weighted by Crippen LogP contribution is -2.31. The fourth-order valence-electron chi connectivity index (χ4n) is 4.32. The van der Waals surface area contributed by atoms with Gasteiger partial charge < -0.3 is 10.6 Å². The van der Waals surface area contributed by atoms with Crippen molar-refractivity contribution in [3.05, 3.63) is 111 Å². The Bertz CT molecular complexity index is 1480. The number of hydrogen-bond donors (Lipinski definition) is 2. The Labute approximate surface area is 219 Å². The summed E-state index contributed by atoms with van der Waals surface area (Å²) < 4.78 is 1.78. The second-order valence-corrected chi connectivity index (χ2v) is 10.2. The molecule has 2 heterocycles. The van der Waals surface area contributed by atoms with Gasteiger partial charge in [0.1, 0.15) is 6.04 Å². The predicted octanol–water partition coefficient (Wildman–Crippen LogP) is 6.77. The number of anilines is 2. The molecule has 182 valence electrons. The van der Waals surface area contributed by atoms with E-state index in [1.165, 1.54) is 11.1 Å². The quantitative estimate of drug-likeness (QED) is 0.277. The van der Waals surface area contributed by atoms with E-state index in [2.05, 4.69) is 41.8 Å². The third-order valence-electron chi connectivity index (χ3n) is 6.09. The number of thioether (sulfide) groups is 1. The topological polar surface area (TPSA) is 71.8 Å². The van der Waals surface area contributed by atoms with Crippen LogP contribution >= 0.6 is 23.4 Å². The fraction of sp³-hybridized carbons (Fsp3) is 0.179. The first-order valence-electron chi connectivity index (χ1n) is 11.6. The summed E-state index contributed by atoms with van der Waals surface area (Å²) >= 11 is 7.92. The van der Waals surface area contributed by atoms with Crippen molar-refractivity contribution >= 4 is 40.9 Å². The van der Waals surface area contributed by atoms with E-state index in [-0.39, 0.29) is 5.91 Å². The molecule has 6 nitrogen and oxygen atoms in total. The molecule has 3 aromatic carbocycles. The smallest absolute Gasteiger partial charge is 0.255 e. The van der Waals surface area contributed by atoms with Gasteiger partial charge in [-0.25, -0.2) is 4.68 Å². The van der Waals surface area contributed by atoms with Crippen LogP contribution in [0.4, 0.5) is 11.6 Å². The zero-order valence-electron chi connectivity index (χ0n) is 20.2. The summed E-state index contributed by atoms with van der Waals surface area (Å²) in [6, 6.07) is 23.2. The molecular formula is C28H26ClN5OS. The van der Waals surface area contributed by atoms with Crippen LogP contribution in [0.2, 0.25) is 5.02 Å². The number of hydrogen-bond acceptors (Lipinski definition) is 5. The maximum Gasteiger partial charge on any atom is 0.255 e. The van der Waals surface area contributed by atoms with E-state index in [9.17, 15) is 4.79 Å². The molecule has 8 heteroatoms. The van der Waals surface area contributed by atoms with Crippen LogP contribution in [0.25, 0.3) is 0 Å². The van der Waals surface area contributed by atoms with Gasteiger partial charge in [-0.1, -0.05) is 83.5 Å². The molecule has 0 spiro atoms. The largest absolute Gasteiger partial charge is 0.328 e. The highest BCUT2D eigenvalue weighted by molar-refractivity contribution is 7.98. The summed E-state index contributed by atoms with van der Waals surface area (Å²) in [5.74, 6) is 1.14. The van der Waals surface area contributed by atoms with Crippen molar-refractivity contribution in [2.24, 2.45) is 0 Å². The number of fused-ring (bicyclic) bond motifs is 1. The van der Waals surface area contributed by atoms with Crippen LogP contribution < -0.4 is 10.6 Å². The van der Waals surface area contributed by atoms with Crippen molar-refractivity contribution in [1.82, 2.24) is 14.8 Å². The molecule has 0 radical (unpaired) electrons. The molecule has 0 fully saturated rings. The number of para-hydroxylation sites is 1.